The summed E-state index contributed by atoms with van der Waals surface area (Å²) < 4.78 is 16.3. The van der Waals surface area contributed by atoms with Gasteiger partial charge in [-0.15, -0.1) is 0 Å². The fourth-order valence-electron chi connectivity index (χ4n) is 5.20. The Labute approximate surface area is 219 Å². The Bertz CT molecular complexity index is 1180. The van der Waals surface area contributed by atoms with Gasteiger partial charge >= 0.3 is 5.97 Å². The third-order valence-corrected chi connectivity index (χ3v) is 7.15. The number of likely N-dealkylation sites (tertiary alicyclic amines) is 1. The summed E-state index contributed by atoms with van der Waals surface area (Å²) in [6, 6.07) is 11.6. The van der Waals surface area contributed by atoms with Crippen LogP contribution in [0.2, 0.25) is 0 Å². The summed E-state index contributed by atoms with van der Waals surface area (Å²) in [5.74, 6) is 0.849. The van der Waals surface area contributed by atoms with Crippen molar-refractivity contribution >= 4 is 17.6 Å². The largest absolute Gasteiger partial charge is 0.497 e. The molecule has 37 heavy (non-hydrogen) atoms. The molecule has 2 aromatic rings. The van der Waals surface area contributed by atoms with Crippen LogP contribution in [0.4, 0.5) is 0 Å². The number of piperidine rings is 1. The fraction of sp³-hybridized carbons (Fsp3) is 0.483. The normalized spacial score (nSPS) is 19.9. The zero-order valence-corrected chi connectivity index (χ0v) is 22.5. The van der Waals surface area contributed by atoms with Crippen LogP contribution < -0.4 is 9.47 Å². The molecule has 0 radical (unpaired) electrons. The lowest BCUT2D eigenvalue weighted by molar-refractivity contribution is -0.150. The maximum atomic E-state index is 13.7. The number of rotatable bonds is 8. The number of benzene rings is 2. The van der Waals surface area contributed by atoms with E-state index >= 15 is 0 Å². The maximum absolute atomic E-state index is 13.7. The number of hydrogen-bond acceptors (Lipinski definition) is 7. The van der Waals surface area contributed by atoms with Crippen molar-refractivity contribution < 1.29 is 23.8 Å². The van der Waals surface area contributed by atoms with Crippen LogP contribution in [0.25, 0.3) is 0 Å². The second-order valence-electron chi connectivity index (χ2n) is 9.76. The van der Waals surface area contributed by atoms with E-state index in [-0.39, 0.29) is 30.4 Å². The first-order valence-corrected chi connectivity index (χ1v) is 12.9. The Morgan fingerprint density at radius 1 is 1.08 bits per heavy atom. The quantitative estimate of drug-likeness (QED) is 0.497. The van der Waals surface area contributed by atoms with Crippen molar-refractivity contribution in [3.8, 4) is 11.5 Å². The third kappa shape index (κ3) is 5.96. The number of hydrogen-bond donors (Lipinski definition) is 0. The molecule has 4 rings (SSSR count). The average Bonchev–Trinajstić information content (AvgIpc) is 3.35. The number of carbonyl (C=O) groups is 2. The first kappa shape index (κ1) is 26.7. The van der Waals surface area contributed by atoms with Crippen LogP contribution >= 0.6 is 0 Å². The number of aryl methyl sites for hydroxylation is 2. The van der Waals surface area contributed by atoms with E-state index in [1.807, 2.05) is 30.0 Å². The topological polar surface area (TPSA) is 80.7 Å². The molecule has 0 spiro atoms. The van der Waals surface area contributed by atoms with Gasteiger partial charge in [0.1, 0.15) is 11.5 Å². The Morgan fingerprint density at radius 3 is 2.62 bits per heavy atom. The third-order valence-electron chi connectivity index (χ3n) is 7.15. The van der Waals surface area contributed by atoms with E-state index in [9.17, 15) is 9.59 Å². The van der Waals surface area contributed by atoms with Crippen LogP contribution in [0.5, 0.6) is 11.5 Å². The number of ether oxygens (including phenoxy) is 3. The van der Waals surface area contributed by atoms with Crippen molar-refractivity contribution in [3.05, 3.63) is 58.7 Å². The van der Waals surface area contributed by atoms with E-state index in [0.29, 0.717) is 31.1 Å². The van der Waals surface area contributed by atoms with Gasteiger partial charge in [-0.3, -0.25) is 14.5 Å². The molecule has 1 fully saturated rings. The van der Waals surface area contributed by atoms with E-state index in [1.54, 1.807) is 19.2 Å². The molecule has 0 bridgehead atoms. The Kier molecular flexibility index (Phi) is 8.48. The summed E-state index contributed by atoms with van der Waals surface area (Å²) in [6.45, 7) is 7.77. The number of methoxy groups -OCH3 is 2. The van der Waals surface area contributed by atoms with Crippen molar-refractivity contribution in [2.24, 2.45) is 11.0 Å². The van der Waals surface area contributed by atoms with Gasteiger partial charge in [0.25, 0.3) is 5.91 Å². The van der Waals surface area contributed by atoms with Crippen molar-refractivity contribution in [1.29, 1.82) is 0 Å². The van der Waals surface area contributed by atoms with E-state index in [4.69, 9.17) is 19.3 Å². The van der Waals surface area contributed by atoms with E-state index in [2.05, 4.69) is 32.0 Å². The molecular formula is C29H37N3O5. The van der Waals surface area contributed by atoms with Crippen molar-refractivity contribution in [3.63, 3.8) is 0 Å². The monoisotopic (exact) mass is 507 g/mol. The fourth-order valence-corrected chi connectivity index (χ4v) is 5.20. The zero-order valence-electron chi connectivity index (χ0n) is 22.5. The van der Waals surface area contributed by atoms with E-state index in [0.717, 1.165) is 47.4 Å². The second kappa shape index (κ2) is 11.8. The van der Waals surface area contributed by atoms with Gasteiger partial charge in [0.05, 0.1) is 45.0 Å². The van der Waals surface area contributed by atoms with Gasteiger partial charge in [-0.05, 0) is 63.9 Å². The lowest BCUT2D eigenvalue weighted by atomic mass is 9.94. The number of esters is 1. The van der Waals surface area contributed by atoms with Gasteiger partial charge in [-0.1, -0.05) is 17.7 Å². The SMILES string of the molecule is CCOC(=O)[C@H]1CCCN(CC(=O)N2N=C(c3cc(C)ccc3C)C[C@@H]2c2ccc(OC)cc2OC)C1. The van der Waals surface area contributed by atoms with Crippen LogP contribution in [0.15, 0.2) is 41.5 Å². The first-order valence-electron chi connectivity index (χ1n) is 12.9. The van der Waals surface area contributed by atoms with Crippen LogP contribution in [-0.2, 0) is 14.3 Å². The van der Waals surface area contributed by atoms with E-state index < -0.39 is 0 Å². The van der Waals surface area contributed by atoms with Crippen LogP contribution in [0.3, 0.4) is 0 Å². The summed E-state index contributed by atoms with van der Waals surface area (Å²) in [6.07, 6.45) is 2.21. The molecule has 0 saturated carbocycles. The molecule has 1 amide bonds. The highest BCUT2D eigenvalue weighted by Gasteiger charge is 2.37. The van der Waals surface area contributed by atoms with Gasteiger partial charge in [0.2, 0.25) is 0 Å². The number of hydrazone groups is 1. The van der Waals surface area contributed by atoms with Crippen LogP contribution in [0.1, 0.15) is 54.5 Å². The summed E-state index contributed by atoms with van der Waals surface area (Å²) in [7, 11) is 3.23. The minimum Gasteiger partial charge on any atom is -0.497 e. The zero-order chi connectivity index (χ0) is 26.5. The van der Waals surface area contributed by atoms with Gasteiger partial charge < -0.3 is 14.2 Å². The summed E-state index contributed by atoms with van der Waals surface area (Å²) in [5, 5.41) is 6.49. The number of nitrogens with zero attached hydrogens (tertiary/aromatic N) is 3. The lowest BCUT2D eigenvalue weighted by Gasteiger charge is -2.32. The molecule has 2 aromatic carbocycles. The molecular weight excluding hydrogens is 470 g/mol. The molecule has 2 aliphatic heterocycles. The minimum absolute atomic E-state index is 0.104. The summed E-state index contributed by atoms with van der Waals surface area (Å²) in [4.78, 5) is 28.1. The van der Waals surface area contributed by atoms with Crippen LogP contribution in [-0.4, -0.2) is 68.0 Å². The van der Waals surface area contributed by atoms with Crippen molar-refractivity contribution in [2.75, 3.05) is 40.5 Å². The molecule has 1 saturated heterocycles. The molecule has 0 aromatic heterocycles. The molecule has 2 atom stereocenters. The number of carbonyl (C=O) groups excluding carboxylic acids is 2. The predicted molar refractivity (Wildman–Crippen MR) is 142 cm³/mol. The molecule has 198 valence electrons. The summed E-state index contributed by atoms with van der Waals surface area (Å²) >= 11 is 0. The number of amides is 1. The standard InChI is InChI=1S/C29H37N3O5/c1-6-37-29(34)21-8-7-13-31(17-21)18-28(33)32-26(23-12-11-22(35-4)15-27(23)36-5)16-25(30-32)24-14-19(2)9-10-20(24)3/h9-12,14-15,21,26H,6-8,13,16-18H2,1-5H3/t21-,26+/m0/s1. The smallest absolute Gasteiger partial charge is 0.310 e. The predicted octanol–water partition coefficient (Wildman–Crippen LogP) is 4.27. The highest BCUT2D eigenvalue weighted by atomic mass is 16.5. The van der Waals surface area contributed by atoms with Crippen molar-refractivity contribution in [2.45, 2.75) is 46.1 Å². The molecule has 2 aliphatic rings. The Balaban J connectivity index is 1.63. The van der Waals surface area contributed by atoms with Crippen molar-refractivity contribution in [1.82, 2.24) is 9.91 Å². The minimum atomic E-state index is -0.311. The highest BCUT2D eigenvalue weighted by Crippen LogP contribution is 2.39. The Hall–Kier alpha value is -3.39. The molecule has 8 heteroatoms. The van der Waals surface area contributed by atoms with Gasteiger partial charge in [-0.25, -0.2) is 5.01 Å². The Morgan fingerprint density at radius 2 is 1.89 bits per heavy atom. The molecule has 8 nitrogen and oxygen atoms in total. The first-order chi connectivity index (χ1) is 17.8. The second-order valence-corrected chi connectivity index (χ2v) is 9.76. The summed E-state index contributed by atoms with van der Waals surface area (Å²) in [5.41, 5.74) is 5.06. The van der Waals surface area contributed by atoms with Gasteiger partial charge in [0.15, 0.2) is 0 Å². The van der Waals surface area contributed by atoms with Crippen LogP contribution in [0, 0.1) is 19.8 Å². The molecule has 0 unspecified atom stereocenters. The molecule has 2 heterocycles. The molecule has 0 aliphatic carbocycles. The lowest BCUT2D eigenvalue weighted by Crippen LogP contribution is -2.44. The average molecular weight is 508 g/mol. The molecule has 0 N–H and O–H groups in total. The highest BCUT2D eigenvalue weighted by molar-refractivity contribution is 6.04. The van der Waals surface area contributed by atoms with Gasteiger partial charge in [0, 0.05) is 30.2 Å². The maximum Gasteiger partial charge on any atom is 0.310 e. The van der Waals surface area contributed by atoms with Gasteiger partial charge in [-0.2, -0.15) is 5.10 Å². The van der Waals surface area contributed by atoms with E-state index in [1.165, 1.54) is 0 Å².